The molecule has 0 aromatic carbocycles. The van der Waals surface area contributed by atoms with Gasteiger partial charge in [0.15, 0.2) is 5.78 Å². The van der Waals surface area contributed by atoms with Crippen molar-refractivity contribution in [3.05, 3.63) is 11.6 Å². The lowest BCUT2D eigenvalue weighted by molar-refractivity contribution is -0.149. The zero-order chi connectivity index (χ0) is 13.0. The van der Waals surface area contributed by atoms with Crippen molar-refractivity contribution < 1.29 is 14.3 Å². The molecule has 0 aromatic heterocycles. The number of allylic oxidation sites excluding steroid dienone is 1. The van der Waals surface area contributed by atoms with Gasteiger partial charge in [-0.1, -0.05) is 19.4 Å². The number of ketones is 1. The average molecular weight is 238 g/mol. The predicted octanol–water partition coefficient (Wildman–Crippen LogP) is 2.75. The lowest BCUT2D eigenvalue weighted by Gasteiger charge is -2.30. The summed E-state index contributed by atoms with van der Waals surface area (Å²) in [4.78, 5) is 23.5. The molecule has 0 amide bonds. The fraction of sp³-hybridized carbons (Fsp3) is 0.714. The van der Waals surface area contributed by atoms with Crippen LogP contribution < -0.4 is 0 Å². The molecule has 0 radical (unpaired) electrons. The fourth-order valence-electron chi connectivity index (χ4n) is 2.59. The van der Waals surface area contributed by atoms with Gasteiger partial charge in [0, 0.05) is 6.42 Å². The van der Waals surface area contributed by atoms with Crippen molar-refractivity contribution in [1.29, 1.82) is 0 Å². The first kappa shape index (κ1) is 13.9. The number of hydrogen-bond donors (Lipinski definition) is 0. The molecule has 1 aliphatic rings. The minimum atomic E-state index is -0.227. The molecule has 0 aromatic rings. The summed E-state index contributed by atoms with van der Waals surface area (Å²) in [6.45, 7) is 8.28. The Hall–Kier alpha value is -1.12. The van der Waals surface area contributed by atoms with Crippen LogP contribution in [-0.4, -0.2) is 18.4 Å². The first-order valence-electron chi connectivity index (χ1n) is 6.33. The van der Waals surface area contributed by atoms with E-state index in [0.29, 0.717) is 18.9 Å². The van der Waals surface area contributed by atoms with Crippen molar-refractivity contribution in [3.8, 4) is 0 Å². The number of hydrogen-bond acceptors (Lipinski definition) is 3. The number of carbonyl (C=O) groups is 2. The van der Waals surface area contributed by atoms with E-state index in [1.807, 2.05) is 13.8 Å². The lowest BCUT2D eigenvalue weighted by atomic mass is 9.75. The van der Waals surface area contributed by atoms with E-state index in [1.54, 1.807) is 6.08 Å². The second kappa shape index (κ2) is 5.99. The van der Waals surface area contributed by atoms with Gasteiger partial charge in [-0.25, -0.2) is 0 Å². The van der Waals surface area contributed by atoms with Crippen LogP contribution in [0.5, 0.6) is 0 Å². The summed E-state index contributed by atoms with van der Waals surface area (Å²) in [7, 11) is 0. The van der Waals surface area contributed by atoms with Crippen LogP contribution >= 0.6 is 0 Å². The van der Waals surface area contributed by atoms with Crippen LogP contribution in [-0.2, 0) is 14.3 Å². The lowest BCUT2D eigenvalue weighted by Crippen LogP contribution is -2.32. The van der Waals surface area contributed by atoms with Crippen LogP contribution in [0.15, 0.2) is 11.6 Å². The number of rotatable bonds is 4. The van der Waals surface area contributed by atoms with Crippen molar-refractivity contribution in [2.45, 2.75) is 40.5 Å². The Kier molecular flexibility index (Phi) is 4.91. The summed E-state index contributed by atoms with van der Waals surface area (Å²) < 4.78 is 5.11. The maximum absolute atomic E-state index is 11.9. The van der Waals surface area contributed by atoms with E-state index in [1.165, 1.54) is 0 Å². The Morgan fingerprint density at radius 2 is 2.18 bits per heavy atom. The molecule has 3 heteroatoms. The van der Waals surface area contributed by atoms with Crippen LogP contribution in [0.4, 0.5) is 0 Å². The molecule has 17 heavy (non-hydrogen) atoms. The molecule has 1 rings (SSSR count). The van der Waals surface area contributed by atoms with Gasteiger partial charge in [-0.15, -0.1) is 0 Å². The van der Waals surface area contributed by atoms with Crippen LogP contribution in [0.25, 0.3) is 0 Å². The van der Waals surface area contributed by atoms with Crippen LogP contribution in [0.3, 0.4) is 0 Å². The van der Waals surface area contributed by atoms with E-state index < -0.39 is 0 Å². The Morgan fingerprint density at radius 3 is 2.71 bits per heavy atom. The van der Waals surface area contributed by atoms with Gasteiger partial charge in [-0.2, -0.15) is 0 Å². The highest BCUT2D eigenvalue weighted by Crippen LogP contribution is 2.34. The maximum Gasteiger partial charge on any atom is 0.313 e. The van der Waals surface area contributed by atoms with E-state index in [9.17, 15) is 9.59 Å². The normalized spacial score (nSPS) is 24.8. The first-order chi connectivity index (χ1) is 7.95. The highest BCUT2D eigenvalue weighted by molar-refractivity contribution is 5.94. The van der Waals surface area contributed by atoms with Gasteiger partial charge < -0.3 is 4.74 Å². The van der Waals surface area contributed by atoms with E-state index in [0.717, 1.165) is 12.0 Å². The molecule has 0 aliphatic heterocycles. The van der Waals surface area contributed by atoms with Crippen molar-refractivity contribution in [2.75, 3.05) is 6.61 Å². The molecular formula is C14H22O3. The van der Waals surface area contributed by atoms with Crippen LogP contribution in [0.2, 0.25) is 0 Å². The molecule has 0 saturated carbocycles. The van der Waals surface area contributed by atoms with E-state index >= 15 is 0 Å². The molecule has 0 fully saturated rings. The fourth-order valence-corrected chi connectivity index (χ4v) is 2.59. The average Bonchev–Trinajstić information content (AvgIpc) is 2.15. The molecule has 1 aliphatic carbocycles. The number of carbonyl (C=O) groups excluding carboxylic acids is 2. The van der Waals surface area contributed by atoms with Gasteiger partial charge in [-0.3, -0.25) is 9.59 Å². The molecule has 0 spiro atoms. The van der Waals surface area contributed by atoms with Crippen LogP contribution in [0, 0.1) is 17.8 Å². The van der Waals surface area contributed by atoms with Crippen molar-refractivity contribution in [3.63, 3.8) is 0 Å². The Morgan fingerprint density at radius 1 is 1.53 bits per heavy atom. The summed E-state index contributed by atoms with van der Waals surface area (Å²) >= 11 is 0. The molecule has 0 saturated heterocycles. The highest BCUT2D eigenvalue weighted by atomic mass is 16.5. The SMILES string of the molecule is CCOC(=O)[C@@H]1C(C)=CC(=O)C[C@H]1CC(C)C. The molecular weight excluding hydrogens is 216 g/mol. The smallest absolute Gasteiger partial charge is 0.313 e. The topological polar surface area (TPSA) is 43.4 Å². The third-order valence-electron chi connectivity index (χ3n) is 3.13. The molecule has 0 heterocycles. The third kappa shape index (κ3) is 3.69. The van der Waals surface area contributed by atoms with Crippen LogP contribution in [0.1, 0.15) is 40.5 Å². The van der Waals surface area contributed by atoms with Gasteiger partial charge in [-0.05, 0) is 38.2 Å². The van der Waals surface area contributed by atoms with Crippen molar-refractivity contribution >= 4 is 11.8 Å². The van der Waals surface area contributed by atoms with Gasteiger partial charge in [0.05, 0.1) is 12.5 Å². The molecule has 0 bridgehead atoms. The summed E-state index contributed by atoms with van der Waals surface area (Å²) in [5.74, 6) is 0.310. The standard InChI is InChI=1S/C14H22O3/c1-5-17-14(16)13-10(4)7-12(15)8-11(13)6-9(2)3/h7,9,11,13H,5-6,8H2,1-4H3/t11-,13-/m1/s1. The van der Waals surface area contributed by atoms with E-state index in [2.05, 4.69) is 13.8 Å². The summed E-state index contributed by atoms with van der Waals surface area (Å²) in [6.07, 6.45) is 2.96. The van der Waals surface area contributed by atoms with Gasteiger partial charge in [0.25, 0.3) is 0 Å². The molecule has 0 unspecified atom stereocenters. The van der Waals surface area contributed by atoms with Gasteiger partial charge in [0.1, 0.15) is 0 Å². The van der Waals surface area contributed by atoms with Crippen molar-refractivity contribution in [1.82, 2.24) is 0 Å². The number of esters is 1. The van der Waals surface area contributed by atoms with Gasteiger partial charge in [0.2, 0.25) is 0 Å². The zero-order valence-corrected chi connectivity index (χ0v) is 11.2. The molecule has 96 valence electrons. The molecule has 2 atom stereocenters. The maximum atomic E-state index is 11.9. The predicted molar refractivity (Wildman–Crippen MR) is 66.4 cm³/mol. The van der Waals surface area contributed by atoms with E-state index in [-0.39, 0.29) is 23.6 Å². The molecule has 0 N–H and O–H groups in total. The Labute approximate surface area is 103 Å². The zero-order valence-electron chi connectivity index (χ0n) is 11.2. The second-order valence-corrected chi connectivity index (χ2v) is 5.18. The summed E-state index contributed by atoms with van der Waals surface area (Å²) in [5, 5.41) is 0. The third-order valence-corrected chi connectivity index (χ3v) is 3.13. The van der Waals surface area contributed by atoms with Crippen molar-refractivity contribution in [2.24, 2.45) is 17.8 Å². The largest absolute Gasteiger partial charge is 0.466 e. The Balaban J connectivity index is 2.88. The quantitative estimate of drug-likeness (QED) is 0.707. The summed E-state index contributed by atoms with van der Waals surface area (Å²) in [6, 6.07) is 0. The minimum Gasteiger partial charge on any atom is -0.466 e. The van der Waals surface area contributed by atoms with Gasteiger partial charge >= 0.3 is 5.97 Å². The first-order valence-corrected chi connectivity index (χ1v) is 6.33. The molecule has 3 nitrogen and oxygen atoms in total. The summed E-state index contributed by atoms with van der Waals surface area (Å²) in [5.41, 5.74) is 0.852. The minimum absolute atomic E-state index is 0.103. The second-order valence-electron chi connectivity index (χ2n) is 5.18. The highest BCUT2D eigenvalue weighted by Gasteiger charge is 2.35. The van der Waals surface area contributed by atoms with E-state index in [4.69, 9.17) is 4.74 Å². The monoisotopic (exact) mass is 238 g/mol. The number of ether oxygens (including phenoxy) is 1. The Bertz CT molecular complexity index is 328.